The van der Waals surface area contributed by atoms with Crippen molar-refractivity contribution in [3.8, 4) is 0 Å². The van der Waals surface area contributed by atoms with Gasteiger partial charge in [-0.05, 0) is 13.8 Å². The lowest BCUT2D eigenvalue weighted by molar-refractivity contribution is -0.141. The first kappa shape index (κ1) is 14.5. The van der Waals surface area contributed by atoms with Gasteiger partial charge in [0.2, 0.25) is 0 Å². The predicted molar refractivity (Wildman–Crippen MR) is 56.3 cm³/mol. The minimum absolute atomic E-state index is 0.0582. The summed E-state index contributed by atoms with van der Waals surface area (Å²) < 4.78 is 26.4. The van der Waals surface area contributed by atoms with E-state index in [1.807, 2.05) is 0 Å². The molecular weight excluding hydrogens is 220 g/mol. The normalized spacial score (nSPS) is 17.7. The van der Waals surface area contributed by atoms with E-state index in [0.29, 0.717) is 0 Å². The number of aliphatic imine (C=N–C) groups is 1. The first-order valence-electron chi connectivity index (χ1n) is 4.53. The number of nitrogens with two attached hydrogens (primary N) is 2. The molecule has 16 heavy (non-hydrogen) atoms. The lowest BCUT2D eigenvalue weighted by Crippen LogP contribution is -2.46. The van der Waals surface area contributed by atoms with Gasteiger partial charge in [-0.2, -0.15) is 0 Å². The standard InChI is InChI=1S/C9H15F2N3O2/c1-5(12)14-4-3-6(10)7(11)9(2,13)8(15)16/h3-4,13H2,1-2H3,(H2,12,14)(H,15,16)/t9-/m1/s1. The van der Waals surface area contributed by atoms with E-state index in [2.05, 4.69) is 4.99 Å². The summed E-state index contributed by atoms with van der Waals surface area (Å²) in [6.45, 7) is 2.32. The number of hydrogen-bond acceptors (Lipinski definition) is 3. The summed E-state index contributed by atoms with van der Waals surface area (Å²) in [7, 11) is 0. The quantitative estimate of drug-likeness (QED) is 0.482. The number of halogens is 2. The molecule has 0 aromatic heterocycles. The molecule has 0 radical (unpaired) electrons. The van der Waals surface area contributed by atoms with Crippen LogP contribution in [0.5, 0.6) is 0 Å². The van der Waals surface area contributed by atoms with Crippen molar-refractivity contribution in [1.29, 1.82) is 0 Å². The van der Waals surface area contributed by atoms with E-state index < -0.39 is 23.2 Å². The molecule has 0 aromatic carbocycles. The predicted octanol–water partition coefficient (Wildman–Crippen LogP) is 0.706. The number of amidine groups is 1. The van der Waals surface area contributed by atoms with Gasteiger partial charge in [0.25, 0.3) is 0 Å². The number of rotatable bonds is 5. The fourth-order valence-corrected chi connectivity index (χ4v) is 0.816. The zero-order valence-corrected chi connectivity index (χ0v) is 9.13. The second-order valence-electron chi connectivity index (χ2n) is 3.50. The molecule has 0 unspecified atom stereocenters. The second-order valence-corrected chi connectivity index (χ2v) is 3.50. The Kier molecular flexibility index (Phi) is 5.03. The first-order valence-corrected chi connectivity index (χ1v) is 4.53. The Balaban J connectivity index is 4.71. The molecular formula is C9H15F2N3O2. The molecule has 5 N–H and O–H groups in total. The molecule has 0 heterocycles. The van der Waals surface area contributed by atoms with E-state index in [4.69, 9.17) is 16.6 Å². The van der Waals surface area contributed by atoms with Crippen LogP contribution in [0.1, 0.15) is 20.3 Å². The van der Waals surface area contributed by atoms with Gasteiger partial charge in [-0.1, -0.05) is 0 Å². The third kappa shape index (κ3) is 3.93. The molecule has 0 aliphatic rings. The fraction of sp³-hybridized carbons (Fsp3) is 0.556. The van der Waals surface area contributed by atoms with Crippen LogP contribution in [0.15, 0.2) is 16.6 Å². The van der Waals surface area contributed by atoms with E-state index in [1.165, 1.54) is 6.92 Å². The van der Waals surface area contributed by atoms with Crippen molar-refractivity contribution in [2.24, 2.45) is 16.5 Å². The van der Waals surface area contributed by atoms with Gasteiger partial charge >= 0.3 is 5.97 Å². The molecule has 0 amide bonds. The van der Waals surface area contributed by atoms with Crippen LogP contribution < -0.4 is 11.5 Å². The Bertz CT molecular complexity index is 334. The summed E-state index contributed by atoms with van der Waals surface area (Å²) in [6, 6.07) is 0. The highest BCUT2D eigenvalue weighted by molar-refractivity contribution is 5.81. The smallest absolute Gasteiger partial charge is 0.330 e. The Morgan fingerprint density at radius 2 is 2.00 bits per heavy atom. The lowest BCUT2D eigenvalue weighted by atomic mass is 10.0. The monoisotopic (exact) mass is 235 g/mol. The molecule has 0 spiro atoms. The third-order valence-electron chi connectivity index (χ3n) is 1.83. The molecule has 7 heteroatoms. The maximum atomic E-state index is 13.3. The summed E-state index contributed by atoms with van der Waals surface area (Å²) in [5.74, 6) is -4.12. The molecule has 0 aromatic rings. The van der Waals surface area contributed by atoms with Crippen molar-refractivity contribution >= 4 is 11.8 Å². The van der Waals surface area contributed by atoms with E-state index in [1.54, 1.807) is 0 Å². The van der Waals surface area contributed by atoms with E-state index in [0.717, 1.165) is 6.92 Å². The van der Waals surface area contributed by atoms with Crippen molar-refractivity contribution in [3.63, 3.8) is 0 Å². The number of carbonyl (C=O) groups is 1. The summed E-state index contributed by atoms with van der Waals surface area (Å²) >= 11 is 0. The largest absolute Gasteiger partial charge is 0.480 e. The van der Waals surface area contributed by atoms with Gasteiger partial charge in [0.1, 0.15) is 5.83 Å². The molecule has 0 bridgehead atoms. The zero-order chi connectivity index (χ0) is 12.9. The number of aliphatic carboxylic acids is 1. The summed E-state index contributed by atoms with van der Waals surface area (Å²) in [4.78, 5) is 14.2. The molecule has 5 nitrogen and oxygen atoms in total. The van der Waals surface area contributed by atoms with Crippen LogP contribution in [-0.4, -0.2) is 29.0 Å². The molecule has 0 fully saturated rings. The number of carboxylic acid groups (broad SMARTS) is 1. The summed E-state index contributed by atoms with van der Waals surface area (Å²) in [5, 5.41) is 8.56. The molecule has 92 valence electrons. The highest BCUT2D eigenvalue weighted by Crippen LogP contribution is 2.22. The van der Waals surface area contributed by atoms with Gasteiger partial charge in [0, 0.05) is 13.0 Å². The van der Waals surface area contributed by atoms with Gasteiger partial charge in [0.05, 0.1) is 5.84 Å². The van der Waals surface area contributed by atoms with Crippen molar-refractivity contribution < 1.29 is 18.7 Å². The maximum absolute atomic E-state index is 13.3. The zero-order valence-electron chi connectivity index (χ0n) is 9.13. The summed E-state index contributed by atoms with van der Waals surface area (Å²) in [5.41, 5.74) is 7.93. The number of hydrogen-bond donors (Lipinski definition) is 3. The van der Waals surface area contributed by atoms with Crippen LogP contribution in [-0.2, 0) is 4.79 Å². The Labute approximate surface area is 91.8 Å². The molecule has 0 saturated carbocycles. The van der Waals surface area contributed by atoms with E-state index in [-0.39, 0.29) is 18.8 Å². The first-order chi connectivity index (χ1) is 7.19. The average Bonchev–Trinajstić information content (AvgIpc) is 2.15. The molecule has 0 saturated heterocycles. The van der Waals surface area contributed by atoms with Gasteiger partial charge in [-0.25, -0.2) is 13.6 Å². The third-order valence-corrected chi connectivity index (χ3v) is 1.83. The van der Waals surface area contributed by atoms with Crippen LogP contribution in [0.25, 0.3) is 0 Å². The summed E-state index contributed by atoms with van der Waals surface area (Å²) in [6.07, 6.45) is -0.375. The van der Waals surface area contributed by atoms with E-state index in [9.17, 15) is 13.6 Å². The van der Waals surface area contributed by atoms with Crippen molar-refractivity contribution in [3.05, 3.63) is 11.7 Å². The lowest BCUT2D eigenvalue weighted by Gasteiger charge is -2.17. The van der Waals surface area contributed by atoms with Gasteiger partial charge in [0.15, 0.2) is 11.4 Å². The minimum Gasteiger partial charge on any atom is -0.480 e. The minimum atomic E-state index is -2.36. The van der Waals surface area contributed by atoms with Crippen molar-refractivity contribution in [2.75, 3.05) is 6.54 Å². The highest BCUT2D eigenvalue weighted by Gasteiger charge is 2.36. The van der Waals surface area contributed by atoms with Crippen LogP contribution in [0.4, 0.5) is 8.78 Å². The number of nitrogens with zero attached hydrogens (tertiary/aromatic N) is 1. The second kappa shape index (κ2) is 5.55. The van der Waals surface area contributed by atoms with Crippen LogP contribution in [0.3, 0.4) is 0 Å². The van der Waals surface area contributed by atoms with Gasteiger partial charge < -0.3 is 16.6 Å². The maximum Gasteiger partial charge on any atom is 0.330 e. The highest BCUT2D eigenvalue weighted by atomic mass is 19.2. The molecule has 0 rings (SSSR count). The van der Waals surface area contributed by atoms with Gasteiger partial charge in [-0.15, -0.1) is 0 Å². The molecule has 1 atom stereocenters. The molecule has 0 aliphatic heterocycles. The Morgan fingerprint density at radius 3 is 2.38 bits per heavy atom. The molecule has 0 aliphatic carbocycles. The number of carboxylic acids is 1. The Morgan fingerprint density at radius 1 is 1.50 bits per heavy atom. The topological polar surface area (TPSA) is 102 Å². The van der Waals surface area contributed by atoms with Crippen molar-refractivity contribution in [2.45, 2.75) is 25.8 Å². The van der Waals surface area contributed by atoms with Crippen LogP contribution in [0, 0.1) is 0 Å². The van der Waals surface area contributed by atoms with Crippen molar-refractivity contribution in [1.82, 2.24) is 0 Å². The Hall–Kier alpha value is -1.50. The average molecular weight is 235 g/mol. The fourth-order valence-electron chi connectivity index (χ4n) is 0.816. The van der Waals surface area contributed by atoms with Crippen LogP contribution >= 0.6 is 0 Å². The SMILES string of the molecule is CC(N)=NCCC(F)=C(F)[C@@](C)(N)C(=O)O. The van der Waals surface area contributed by atoms with E-state index >= 15 is 0 Å². The van der Waals surface area contributed by atoms with Crippen LogP contribution in [0.2, 0.25) is 0 Å². The van der Waals surface area contributed by atoms with Gasteiger partial charge in [-0.3, -0.25) is 4.99 Å².